The van der Waals surface area contributed by atoms with Gasteiger partial charge in [0.2, 0.25) is 0 Å². The van der Waals surface area contributed by atoms with Crippen molar-refractivity contribution in [2.45, 2.75) is 25.8 Å². The molecule has 0 spiro atoms. The number of aromatic nitrogens is 1. The fourth-order valence-corrected chi connectivity index (χ4v) is 1.87. The van der Waals surface area contributed by atoms with E-state index in [9.17, 15) is 4.79 Å². The van der Waals surface area contributed by atoms with Crippen molar-refractivity contribution in [2.75, 3.05) is 19.1 Å². The molecule has 6 nitrogen and oxygen atoms in total. The maximum atomic E-state index is 12.1. The van der Waals surface area contributed by atoms with Crippen molar-refractivity contribution in [3.8, 4) is 0 Å². The Bertz CT molecular complexity index is 422. The molecule has 1 amide bonds. The average Bonchev–Trinajstić information content (AvgIpc) is 2.39. The third-order valence-electron chi connectivity index (χ3n) is 2.55. The van der Waals surface area contributed by atoms with Crippen LogP contribution in [0, 0.1) is 0 Å². The largest absolute Gasteiger partial charge is 0.383 e. The molecule has 4 N–H and O–H groups in total. The van der Waals surface area contributed by atoms with Crippen molar-refractivity contribution in [3.05, 3.63) is 22.8 Å². The van der Waals surface area contributed by atoms with Crippen LogP contribution in [0.4, 0.5) is 5.82 Å². The van der Waals surface area contributed by atoms with E-state index in [1.165, 1.54) is 0 Å². The number of carbonyl (C=O) groups excluding carboxylic acids is 1. The number of nitrogens with one attached hydrogen (secondary N) is 2. The molecule has 0 saturated carbocycles. The molecule has 1 rings (SSSR count). The van der Waals surface area contributed by atoms with Crippen LogP contribution in [-0.2, 0) is 4.74 Å². The predicted octanol–water partition coefficient (Wildman–Crippen LogP) is 1.57. The number of hydrogen-bond acceptors (Lipinski definition) is 5. The van der Waals surface area contributed by atoms with E-state index in [0.29, 0.717) is 12.4 Å². The van der Waals surface area contributed by atoms with Crippen molar-refractivity contribution < 1.29 is 9.53 Å². The second-order valence-electron chi connectivity index (χ2n) is 4.09. The number of hydrazine groups is 1. The van der Waals surface area contributed by atoms with E-state index in [1.807, 2.05) is 6.92 Å². The number of rotatable bonds is 7. The molecule has 1 atom stereocenters. The van der Waals surface area contributed by atoms with Crippen LogP contribution in [0.15, 0.2) is 12.1 Å². The highest BCUT2D eigenvalue weighted by atomic mass is 35.5. The highest BCUT2D eigenvalue weighted by Gasteiger charge is 2.17. The van der Waals surface area contributed by atoms with Crippen LogP contribution >= 0.6 is 11.6 Å². The number of nitrogens with two attached hydrogens (primary N) is 1. The molecule has 0 fully saturated rings. The topological polar surface area (TPSA) is 89.3 Å². The summed E-state index contributed by atoms with van der Waals surface area (Å²) >= 11 is 5.96. The number of nitrogen functional groups attached to an aromatic ring is 1. The summed E-state index contributed by atoms with van der Waals surface area (Å²) < 4.78 is 5.07. The number of ether oxygens (including phenoxy) is 1. The van der Waals surface area contributed by atoms with Gasteiger partial charge in [-0.25, -0.2) is 10.8 Å². The van der Waals surface area contributed by atoms with Gasteiger partial charge in [0.25, 0.3) is 5.91 Å². The van der Waals surface area contributed by atoms with E-state index in [2.05, 4.69) is 15.7 Å². The lowest BCUT2D eigenvalue weighted by atomic mass is 10.1. The summed E-state index contributed by atoms with van der Waals surface area (Å²) in [6.07, 6.45) is 1.77. The minimum Gasteiger partial charge on any atom is -0.383 e. The first-order valence-electron chi connectivity index (χ1n) is 6.05. The maximum Gasteiger partial charge on any atom is 0.271 e. The molecule has 7 heteroatoms. The minimum atomic E-state index is -0.336. The molecule has 0 aliphatic carbocycles. The zero-order valence-corrected chi connectivity index (χ0v) is 11.8. The van der Waals surface area contributed by atoms with Crippen LogP contribution < -0.4 is 16.6 Å². The van der Waals surface area contributed by atoms with Crippen LogP contribution in [-0.4, -0.2) is 30.6 Å². The first-order chi connectivity index (χ1) is 9.12. The zero-order valence-electron chi connectivity index (χ0n) is 11.1. The van der Waals surface area contributed by atoms with Gasteiger partial charge in [0, 0.05) is 7.11 Å². The molecule has 19 heavy (non-hydrogen) atoms. The maximum absolute atomic E-state index is 12.1. The molecule has 0 aliphatic heterocycles. The third kappa shape index (κ3) is 4.66. The standard InChI is InChI=1S/C12H19ClN4O2/c1-3-4-8(7-19-2)15-12(18)11-9(13)5-6-10(16-11)17-14/h5-6,8H,3-4,7,14H2,1-2H3,(H,15,18)(H,16,17). The van der Waals surface area contributed by atoms with Crippen molar-refractivity contribution in [1.29, 1.82) is 0 Å². The average molecular weight is 287 g/mol. The van der Waals surface area contributed by atoms with Crippen LogP contribution in [0.5, 0.6) is 0 Å². The minimum absolute atomic E-state index is 0.0603. The Morgan fingerprint density at radius 1 is 1.58 bits per heavy atom. The molecular weight excluding hydrogens is 268 g/mol. The summed E-state index contributed by atoms with van der Waals surface area (Å²) in [5.74, 6) is 5.31. The molecule has 1 aromatic heterocycles. The normalized spacial score (nSPS) is 12.0. The first-order valence-corrected chi connectivity index (χ1v) is 6.43. The summed E-state index contributed by atoms with van der Waals surface area (Å²) in [6, 6.07) is 3.11. The molecule has 0 saturated heterocycles. The van der Waals surface area contributed by atoms with Gasteiger partial charge in [-0.2, -0.15) is 0 Å². The van der Waals surface area contributed by atoms with Crippen LogP contribution in [0.3, 0.4) is 0 Å². The first kappa shape index (κ1) is 15.7. The highest BCUT2D eigenvalue weighted by Crippen LogP contribution is 2.16. The van der Waals surface area contributed by atoms with E-state index in [-0.39, 0.29) is 22.7 Å². The summed E-state index contributed by atoms with van der Waals surface area (Å²) in [4.78, 5) is 16.2. The van der Waals surface area contributed by atoms with Crippen LogP contribution in [0.2, 0.25) is 5.02 Å². The molecule has 106 valence electrons. The van der Waals surface area contributed by atoms with E-state index in [4.69, 9.17) is 22.2 Å². The summed E-state index contributed by atoms with van der Waals surface area (Å²) in [5.41, 5.74) is 2.53. The number of amides is 1. The second kappa shape index (κ2) is 7.93. The van der Waals surface area contributed by atoms with Crippen molar-refractivity contribution in [3.63, 3.8) is 0 Å². The van der Waals surface area contributed by atoms with Crippen LogP contribution in [0.1, 0.15) is 30.3 Å². The van der Waals surface area contributed by atoms with Gasteiger partial charge in [0.05, 0.1) is 17.7 Å². The Morgan fingerprint density at radius 2 is 2.32 bits per heavy atom. The van der Waals surface area contributed by atoms with Gasteiger partial charge in [-0.3, -0.25) is 4.79 Å². The van der Waals surface area contributed by atoms with Crippen LogP contribution in [0.25, 0.3) is 0 Å². The Kier molecular flexibility index (Phi) is 6.55. The quantitative estimate of drug-likeness (QED) is 0.523. The number of halogens is 1. The molecule has 1 aromatic rings. The summed E-state index contributed by atoms with van der Waals surface area (Å²) in [6.45, 7) is 2.49. The fraction of sp³-hybridized carbons (Fsp3) is 0.500. The van der Waals surface area contributed by atoms with E-state index in [1.54, 1.807) is 19.2 Å². The Labute approximate surface area is 117 Å². The van der Waals surface area contributed by atoms with Gasteiger partial charge in [-0.15, -0.1) is 0 Å². The lowest BCUT2D eigenvalue weighted by Gasteiger charge is -2.17. The molecule has 0 bridgehead atoms. The zero-order chi connectivity index (χ0) is 14.3. The van der Waals surface area contributed by atoms with Gasteiger partial charge in [0.1, 0.15) is 11.5 Å². The van der Waals surface area contributed by atoms with E-state index in [0.717, 1.165) is 12.8 Å². The van der Waals surface area contributed by atoms with Gasteiger partial charge < -0.3 is 15.5 Å². The number of anilines is 1. The fourth-order valence-electron chi connectivity index (χ4n) is 1.68. The lowest BCUT2D eigenvalue weighted by molar-refractivity contribution is 0.0887. The number of hydrogen-bond donors (Lipinski definition) is 3. The van der Waals surface area contributed by atoms with Gasteiger partial charge >= 0.3 is 0 Å². The van der Waals surface area contributed by atoms with E-state index < -0.39 is 0 Å². The predicted molar refractivity (Wildman–Crippen MR) is 75.1 cm³/mol. The van der Waals surface area contributed by atoms with Gasteiger partial charge in [-0.05, 0) is 18.6 Å². The Morgan fingerprint density at radius 3 is 2.89 bits per heavy atom. The smallest absolute Gasteiger partial charge is 0.271 e. The lowest BCUT2D eigenvalue weighted by Crippen LogP contribution is -2.38. The molecule has 1 unspecified atom stereocenters. The van der Waals surface area contributed by atoms with E-state index >= 15 is 0 Å². The Hall–Kier alpha value is -1.37. The number of methoxy groups -OCH3 is 1. The third-order valence-corrected chi connectivity index (χ3v) is 2.85. The monoisotopic (exact) mass is 286 g/mol. The van der Waals surface area contributed by atoms with Gasteiger partial charge in [0.15, 0.2) is 0 Å². The number of nitrogens with zero attached hydrogens (tertiary/aromatic N) is 1. The van der Waals surface area contributed by atoms with Crippen molar-refractivity contribution >= 4 is 23.3 Å². The van der Waals surface area contributed by atoms with Crippen molar-refractivity contribution in [2.24, 2.45) is 5.84 Å². The van der Waals surface area contributed by atoms with Gasteiger partial charge in [-0.1, -0.05) is 24.9 Å². The summed E-state index contributed by atoms with van der Waals surface area (Å²) in [5, 5.41) is 3.13. The highest BCUT2D eigenvalue weighted by molar-refractivity contribution is 6.33. The SMILES string of the molecule is CCCC(COC)NC(=O)c1nc(NN)ccc1Cl. The Balaban J connectivity index is 2.81. The molecule has 1 heterocycles. The second-order valence-corrected chi connectivity index (χ2v) is 4.49. The molecule has 0 aliphatic rings. The molecular formula is C12H19ClN4O2. The summed E-state index contributed by atoms with van der Waals surface area (Å²) in [7, 11) is 1.60. The number of carbonyl (C=O) groups is 1. The van der Waals surface area contributed by atoms with Crippen molar-refractivity contribution in [1.82, 2.24) is 10.3 Å². The molecule has 0 radical (unpaired) electrons. The molecule has 0 aromatic carbocycles. The number of pyridine rings is 1.